The van der Waals surface area contributed by atoms with Crippen molar-refractivity contribution in [2.24, 2.45) is 0 Å². The van der Waals surface area contributed by atoms with Gasteiger partial charge in [0.25, 0.3) is 0 Å². The van der Waals surface area contributed by atoms with Gasteiger partial charge in [-0.2, -0.15) is 0 Å². The Balaban J connectivity index is 1.89. The highest BCUT2D eigenvalue weighted by Crippen LogP contribution is 2.45. The van der Waals surface area contributed by atoms with Gasteiger partial charge in [-0.3, -0.25) is 0 Å². The number of hydrogen-bond acceptors (Lipinski definition) is 3. The topological polar surface area (TPSA) is 27.7 Å². The Bertz CT molecular complexity index is 827. The second kappa shape index (κ2) is 7.45. The van der Waals surface area contributed by atoms with Crippen LogP contribution in [-0.4, -0.2) is 18.5 Å². The molecule has 4 rings (SSSR count). The van der Waals surface area contributed by atoms with E-state index in [0.717, 1.165) is 16.7 Å². The van der Waals surface area contributed by atoms with Crippen LogP contribution in [0.1, 0.15) is 44.4 Å². The van der Waals surface area contributed by atoms with Gasteiger partial charge in [-0.15, -0.1) is 0 Å². The number of benzene rings is 3. The molecule has 0 atom stereocenters. The molecule has 148 valence electrons. The third-order valence-corrected chi connectivity index (χ3v) is 6.05. The summed E-state index contributed by atoms with van der Waals surface area (Å²) >= 11 is 0. The highest BCUT2D eigenvalue weighted by atomic mass is 16.8. The molecule has 4 heteroatoms. The van der Waals surface area contributed by atoms with Crippen molar-refractivity contribution < 1.29 is 14.0 Å². The van der Waals surface area contributed by atoms with E-state index in [1.165, 1.54) is 0 Å². The molecule has 1 aliphatic heterocycles. The molecule has 0 aromatic heterocycles. The van der Waals surface area contributed by atoms with Crippen molar-refractivity contribution in [3.63, 3.8) is 0 Å². The average molecular weight is 386 g/mol. The largest absolute Gasteiger partial charge is 0.641 e. The van der Waals surface area contributed by atoms with Gasteiger partial charge in [-0.1, -0.05) is 91.0 Å². The molecular formula is C25H27BO3. The molecule has 3 aromatic rings. The van der Waals surface area contributed by atoms with Crippen LogP contribution >= 0.6 is 0 Å². The summed E-state index contributed by atoms with van der Waals surface area (Å²) in [4.78, 5) is 0. The summed E-state index contributed by atoms with van der Waals surface area (Å²) in [5.74, 6) is 0. The minimum atomic E-state index is -0.870. The van der Waals surface area contributed by atoms with Gasteiger partial charge in [-0.25, -0.2) is 0 Å². The molecule has 0 unspecified atom stereocenters. The molecule has 29 heavy (non-hydrogen) atoms. The fraction of sp³-hybridized carbons (Fsp3) is 0.280. The zero-order chi connectivity index (χ0) is 20.5. The second-order valence-electron chi connectivity index (χ2n) is 8.44. The van der Waals surface area contributed by atoms with Gasteiger partial charge in [0.05, 0.1) is 11.2 Å². The second-order valence-corrected chi connectivity index (χ2v) is 8.44. The maximum Gasteiger partial charge on any atom is 0.641 e. The minimum absolute atomic E-state index is 0.479. The Hall–Kier alpha value is -2.40. The molecule has 0 N–H and O–H groups in total. The Labute approximate surface area is 173 Å². The van der Waals surface area contributed by atoms with E-state index >= 15 is 0 Å². The van der Waals surface area contributed by atoms with Crippen LogP contribution in [0.5, 0.6) is 0 Å². The first-order chi connectivity index (χ1) is 13.9. The summed E-state index contributed by atoms with van der Waals surface area (Å²) in [5, 5.41) is 0. The average Bonchev–Trinajstić information content (AvgIpc) is 2.94. The molecule has 3 aromatic carbocycles. The first kappa shape index (κ1) is 19.9. The van der Waals surface area contributed by atoms with Crippen molar-refractivity contribution in [3.05, 3.63) is 108 Å². The fourth-order valence-electron chi connectivity index (χ4n) is 3.70. The number of hydrogen-bond donors (Lipinski definition) is 0. The molecule has 0 radical (unpaired) electrons. The fourth-order valence-corrected chi connectivity index (χ4v) is 3.70. The maximum atomic E-state index is 6.78. The summed E-state index contributed by atoms with van der Waals surface area (Å²) in [6.07, 6.45) is 0. The summed E-state index contributed by atoms with van der Waals surface area (Å²) in [7, 11) is -0.805. The van der Waals surface area contributed by atoms with Crippen molar-refractivity contribution in [3.8, 4) is 0 Å². The van der Waals surface area contributed by atoms with E-state index < -0.39 is 24.1 Å². The maximum absolute atomic E-state index is 6.78. The van der Waals surface area contributed by atoms with E-state index in [4.69, 9.17) is 14.0 Å². The quantitative estimate of drug-likeness (QED) is 0.423. The standard InChI is InChI=1S/C25H27BO3/c1-23(2)24(3,4)28-26(27-23)29-25(20-14-8-5-9-15-20,21-16-10-6-11-17-21)22-18-12-7-13-19-22/h5-19H,1-4H3. The monoisotopic (exact) mass is 386 g/mol. The summed E-state index contributed by atoms with van der Waals surface area (Å²) in [5.41, 5.74) is 1.23. The van der Waals surface area contributed by atoms with E-state index in [2.05, 4.69) is 36.4 Å². The van der Waals surface area contributed by atoms with E-state index in [0.29, 0.717) is 0 Å². The van der Waals surface area contributed by atoms with Gasteiger partial charge in [0.15, 0.2) is 0 Å². The van der Waals surface area contributed by atoms with Crippen LogP contribution in [0.25, 0.3) is 0 Å². The lowest BCUT2D eigenvalue weighted by Crippen LogP contribution is -2.41. The molecule has 1 aliphatic rings. The lowest BCUT2D eigenvalue weighted by molar-refractivity contribution is 0.00578. The Morgan fingerprint density at radius 3 is 1.21 bits per heavy atom. The predicted molar refractivity (Wildman–Crippen MR) is 116 cm³/mol. The zero-order valence-electron chi connectivity index (χ0n) is 17.5. The summed E-state index contributed by atoms with van der Waals surface area (Å²) in [6, 6.07) is 30.8. The van der Waals surface area contributed by atoms with Crippen LogP contribution < -0.4 is 0 Å². The highest BCUT2D eigenvalue weighted by molar-refractivity contribution is 6.38. The lowest BCUT2D eigenvalue weighted by atomic mass is 9.79. The van der Waals surface area contributed by atoms with E-state index in [-0.39, 0.29) is 0 Å². The van der Waals surface area contributed by atoms with E-state index in [1.807, 2.05) is 82.3 Å². The van der Waals surface area contributed by atoms with Crippen molar-refractivity contribution in [2.75, 3.05) is 0 Å². The highest BCUT2D eigenvalue weighted by Gasteiger charge is 2.56. The third-order valence-electron chi connectivity index (χ3n) is 6.05. The Kier molecular flexibility index (Phi) is 5.11. The van der Waals surface area contributed by atoms with Gasteiger partial charge < -0.3 is 14.0 Å². The van der Waals surface area contributed by atoms with Gasteiger partial charge in [0.2, 0.25) is 0 Å². The molecule has 1 heterocycles. The summed E-state index contributed by atoms with van der Waals surface area (Å²) in [6.45, 7) is 8.13. The zero-order valence-corrected chi connectivity index (χ0v) is 17.5. The van der Waals surface area contributed by atoms with Crippen LogP contribution in [0, 0.1) is 0 Å². The molecule has 3 nitrogen and oxygen atoms in total. The van der Waals surface area contributed by atoms with Gasteiger partial charge in [0, 0.05) is 0 Å². The van der Waals surface area contributed by atoms with Crippen LogP contribution in [0.3, 0.4) is 0 Å². The molecule has 1 fully saturated rings. The van der Waals surface area contributed by atoms with Crippen LogP contribution in [0.4, 0.5) is 0 Å². The van der Waals surface area contributed by atoms with Crippen molar-refractivity contribution in [1.82, 2.24) is 0 Å². The molecule has 0 spiro atoms. The minimum Gasteiger partial charge on any atom is -0.378 e. The number of rotatable bonds is 5. The Morgan fingerprint density at radius 1 is 0.586 bits per heavy atom. The molecule has 0 amide bonds. The normalized spacial score (nSPS) is 18.0. The van der Waals surface area contributed by atoms with Gasteiger partial charge in [0.1, 0.15) is 5.60 Å². The van der Waals surface area contributed by atoms with Crippen LogP contribution in [0.2, 0.25) is 0 Å². The smallest absolute Gasteiger partial charge is 0.378 e. The van der Waals surface area contributed by atoms with Crippen molar-refractivity contribution in [1.29, 1.82) is 0 Å². The Morgan fingerprint density at radius 2 is 0.897 bits per heavy atom. The lowest BCUT2D eigenvalue weighted by Gasteiger charge is -2.37. The van der Waals surface area contributed by atoms with Gasteiger partial charge in [-0.05, 0) is 44.4 Å². The molecule has 0 bridgehead atoms. The van der Waals surface area contributed by atoms with Crippen LogP contribution in [-0.2, 0) is 19.6 Å². The SMILES string of the molecule is CC1(C)OB(OC(c2ccccc2)(c2ccccc2)c2ccccc2)OC1(C)C. The molecule has 1 saturated heterocycles. The first-order valence-electron chi connectivity index (χ1n) is 10.1. The van der Waals surface area contributed by atoms with E-state index in [1.54, 1.807) is 0 Å². The molecular weight excluding hydrogens is 359 g/mol. The van der Waals surface area contributed by atoms with Crippen molar-refractivity contribution >= 4 is 7.32 Å². The predicted octanol–water partition coefficient (Wildman–Crippen LogP) is 5.58. The van der Waals surface area contributed by atoms with Crippen molar-refractivity contribution in [2.45, 2.75) is 44.5 Å². The third kappa shape index (κ3) is 3.53. The van der Waals surface area contributed by atoms with E-state index in [9.17, 15) is 0 Å². The molecule has 0 saturated carbocycles. The molecule has 0 aliphatic carbocycles. The first-order valence-corrected chi connectivity index (χ1v) is 10.1. The van der Waals surface area contributed by atoms with Gasteiger partial charge >= 0.3 is 7.32 Å². The van der Waals surface area contributed by atoms with Crippen LogP contribution in [0.15, 0.2) is 91.0 Å². The summed E-state index contributed by atoms with van der Waals surface area (Å²) < 4.78 is 19.3.